The van der Waals surface area contributed by atoms with E-state index in [1.807, 2.05) is 6.92 Å². The van der Waals surface area contributed by atoms with Crippen LogP contribution in [0.2, 0.25) is 0 Å². The molecule has 0 saturated heterocycles. The highest BCUT2D eigenvalue weighted by molar-refractivity contribution is 6.39. The number of nitrogens with one attached hydrogen (secondary N) is 2. The highest BCUT2D eigenvalue weighted by Crippen LogP contribution is 2.15. The number of anilines is 1. The van der Waals surface area contributed by atoms with Crippen LogP contribution < -0.4 is 15.4 Å². The van der Waals surface area contributed by atoms with E-state index in [-0.39, 0.29) is 0 Å². The smallest absolute Gasteiger partial charge is 0.313 e. The van der Waals surface area contributed by atoms with Crippen molar-refractivity contribution in [2.24, 2.45) is 0 Å². The molecular formula is C23H38N2O3. The maximum absolute atomic E-state index is 11.9. The van der Waals surface area contributed by atoms with Crippen molar-refractivity contribution in [3.8, 4) is 5.75 Å². The lowest BCUT2D eigenvalue weighted by Gasteiger charge is -2.08. The quantitative estimate of drug-likeness (QED) is 0.309. The molecule has 28 heavy (non-hydrogen) atoms. The molecule has 0 spiro atoms. The van der Waals surface area contributed by atoms with E-state index < -0.39 is 11.8 Å². The van der Waals surface area contributed by atoms with Gasteiger partial charge in [0.05, 0.1) is 6.61 Å². The second kappa shape index (κ2) is 16.0. The number of benzene rings is 1. The lowest BCUT2D eigenvalue weighted by molar-refractivity contribution is -0.136. The molecule has 5 nitrogen and oxygen atoms in total. The van der Waals surface area contributed by atoms with E-state index in [1.165, 1.54) is 51.4 Å². The van der Waals surface area contributed by atoms with Crippen LogP contribution in [0.15, 0.2) is 24.3 Å². The Hall–Kier alpha value is -2.04. The third kappa shape index (κ3) is 11.6. The molecule has 5 heteroatoms. The molecule has 0 aliphatic carbocycles. The molecule has 0 aliphatic rings. The van der Waals surface area contributed by atoms with Crippen LogP contribution in [0, 0.1) is 0 Å². The summed E-state index contributed by atoms with van der Waals surface area (Å²) in [5, 5.41) is 5.30. The Morgan fingerprint density at radius 3 is 1.89 bits per heavy atom. The molecule has 0 bridgehead atoms. The number of hydrogen-bond donors (Lipinski definition) is 2. The number of hydrogen-bond acceptors (Lipinski definition) is 3. The zero-order chi connectivity index (χ0) is 20.5. The number of rotatable bonds is 15. The van der Waals surface area contributed by atoms with Gasteiger partial charge in [-0.2, -0.15) is 0 Å². The van der Waals surface area contributed by atoms with Crippen molar-refractivity contribution in [1.82, 2.24) is 5.32 Å². The average Bonchev–Trinajstić information content (AvgIpc) is 2.71. The van der Waals surface area contributed by atoms with Gasteiger partial charge in [-0.1, -0.05) is 71.6 Å². The van der Waals surface area contributed by atoms with Crippen molar-refractivity contribution < 1.29 is 14.3 Å². The maximum Gasteiger partial charge on any atom is 0.313 e. The molecule has 0 radical (unpaired) electrons. The van der Waals surface area contributed by atoms with Crippen LogP contribution in [0.3, 0.4) is 0 Å². The normalized spacial score (nSPS) is 10.5. The second-order valence-corrected chi connectivity index (χ2v) is 7.26. The molecule has 0 unspecified atom stereocenters. The van der Waals surface area contributed by atoms with Gasteiger partial charge in [0.1, 0.15) is 5.75 Å². The summed E-state index contributed by atoms with van der Waals surface area (Å²) in [5.41, 5.74) is 0.586. The summed E-state index contributed by atoms with van der Waals surface area (Å²) >= 11 is 0. The van der Waals surface area contributed by atoms with Gasteiger partial charge >= 0.3 is 11.8 Å². The lowest BCUT2D eigenvalue weighted by Crippen LogP contribution is -2.35. The molecule has 2 amide bonds. The molecule has 158 valence electrons. The van der Waals surface area contributed by atoms with Crippen LogP contribution in [0.25, 0.3) is 0 Å². The van der Waals surface area contributed by atoms with Crippen molar-refractivity contribution >= 4 is 17.5 Å². The predicted molar refractivity (Wildman–Crippen MR) is 116 cm³/mol. The standard InChI is InChI=1S/C23H38N2O3/c1-3-5-6-7-8-9-10-11-12-13-18-24-22(26)23(27)25-20-14-16-21(17-15-20)28-19-4-2/h14-17H,3-13,18-19H2,1-2H3,(H,24,26)(H,25,27). The Morgan fingerprint density at radius 1 is 0.750 bits per heavy atom. The topological polar surface area (TPSA) is 67.4 Å². The highest BCUT2D eigenvalue weighted by atomic mass is 16.5. The number of carbonyl (C=O) groups excluding carboxylic acids is 2. The molecule has 0 aliphatic heterocycles. The van der Waals surface area contributed by atoms with E-state index in [4.69, 9.17) is 4.74 Å². The van der Waals surface area contributed by atoms with Crippen molar-refractivity contribution in [1.29, 1.82) is 0 Å². The molecule has 0 fully saturated rings. The summed E-state index contributed by atoms with van der Waals surface area (Å²) in [7, 11) is 0. The molecule has 0 saturated carbocycles. The van der Waals surface area contributed by atoms with Gasteiger partial charge in [-0.3, -0.25) is 9.59 Å². The summed E-state index contributed by atoms with van der Waals surface area (Å²) in [4.78, 5) is 23.8. The Labute approximate surface area is 170 Å². The monoisotopic (exact) mass is 390 g/mol. The molecular weight excluding hydrogens is 352 g/mol. The fourth-order valence-corrected chi connectivity index (χ4v) is 2.94. The first kappa shape index (κ1) is 24.0. The molecule has 2 N–H and O–H groups in total. The molecule has 0 aromatic heterocycles. The number of amides is 2. The van der Waals surface area contributed by atoms with E-state index in [0.717, 1.165) is 25.0 Å². The van der Waals surface area contributed by atoms with E-state index in [9.17, 15) is 9.59 Å². The molecule has 0 atom stereocenters. The first-order valence-corrected chi connectivity index (χ1v) is 11.0. The van der Waals surface area contributed by atoms with Gasteiger partial charge in [0.25, 0.3) is 0 Å². The summed E-state index contributed by atoms with van der Waals surface area (Å²) in [6.07, 6.45) is 13.4. The average molecular weight is 391 g/mol. The summed E-state index contributed by atoms with van der Waals surface area (Å²) in [5.74, 6) is -0.457. The second-order valence-electron chi connectivity index (χ2n) is 7.26. The summed E-state index contributed by atoms with van der Waals surface area (Å²) in [6.45, 7) is 5.49. The van der Waals surface area contributed by atoms with Crippen LogP contribution in [-0.2, 0) is 9.59 Å². The highest BCUT2D eigenvalue weighted by Gasteiger charge is 2.12. The van der Waals surface area contributed by atoms with Gasteiger partial charge in [0, 0.05) is 12.2 Å². The van der Waals surface area contributed by atoms with Crippen LogP contribution in [0.4, 0.5) is 5.69 Å². The Morgan fingerprint density at radius 2 is 1.32 bits per heavy atom. The molecule has 1 rings (SSSR count). The van der Waals surface area contributed by atoms with Crippen molar-refractivity contribution in [2.75, 3.05) is 18.5 Å². The van der Waals surface area contributed by atoms with Crippen molar-refractivity contribution in [3.63, 3.8) is 0 Å². The Balaban J connectivity index is 2.06. The van der Waals surface area contributed by atoms with Gasteiger partial charge in [0.2, 0.25) is 0 Å². The minimum Gasteiger partial charge on any atom is -0.494 e. The summed E-state index contributed by atoms with van der Waals surface area (Å²) < 4.78 is 5.49. The van der Waals surface area contributed by atoms with Gasteiger partial charge in [-0.05, 0) is 37.1 Å². The number of unbranched alkanes of at least 4 members (excludes halogenated alkanes) is 9. The lowest BCUT2D eigenvalue weighted by atomic mass is 10.1. The Kier molecular flexibility index (Phi) is 13.7. The first-order valence-electron chi connectivity index (χ1n) is 11.0. The van der Waals surface area contributed by atoms with Crippen LogP contribution in [0.5, 0.6) is 5.75 Å². The zero-order valence-electron chi connectivity index (χ0n) is 17.7. The largest absolute Gasteiger partial charge is 0.494 e. The maximum atomic E-state index is 11.9. The van der Waals surface area contributed by atoms with E-state index in [1.54, 1.807) is 24.3 Å². The van der Waals surface area contributed by atoms with Gasteiger partial charge in [0.15, 0.2) is 0 Å². The third-order valence-corrected chi connectivity index (χ3v) is 4.61. The summed E-state index contributed by atoms with van der Waals surface area (Å²) in [6, 6.07) is 7.04. The van der Waals surface area contributed by atoms with E-state index in [0.29, 0.717) is 18.8 Å². The first-order chi connectivity index (χ1) is 13.7. The molecule has 1 aromatic carbocycles. The predicted octanol–water partition coefficient (Wildman–Crippen LogP) is 5.45. The van der Waals surface area contributed by atoms with Crippen LogP contribution in [0.1, 0.15) is 84.5 Å². The van der Waals surface area contributed by atoms with Crippen LogP contribution in [-0.4, -0.2) is 25.0 Å². The van der Waals surface area contributed by atoms with Crippen molar-refractivity contribution in [2.45, 2.75) is 84.5 Å². The van der Waals surface area contributed by atoms with Gasteiger partial charge in [-0.25, -0.2) is 0 Å². The van der Waals surface area contributed by atoms with E-state index >= 15 is 0 Å². The van der Waals surface area contributed by atoms with Crippen molar-refractivity contribution in [3.05, 3.63) is 24.3 Å². The Bertz CT molecular complexity index is 543. The van der Waals surface area contributed by atoms with E-state index in [2.05, 4.69) is 17.6 Å². The minimum absolute atomic E-state index is 0.548. The number of carbonyl (C=O) groups is 2. The SMILES string of the molecule is CCCCCCCCCCCCNC(=O)C(=O)Nc1ccc(OCCC)cc1. The fraction of sp³-hybridized carbons (Fsp3) is 0.652. The molecule has 1 aromatic rings. The third-order valence-electron chi connectivity index (χ3n) is 4.61. The van der Waals surface area contributed by atoms with Gasteiger partial charge < -0.3 is 15.4 Å². The zero-order valence-corrected chi connectivity index (χ0v) is 17.7. The molecule has 0 heterocycles. The van der Waals surface area contributed by atoms with Gasteiger partial charge in [-0.15, -0.1) is 0 Å². The van der Waals surface area contributed by atoms with Crippen LogP contribution >= 0.6 is 0 Å². The minimum atomic E-state index is -0.630. The fourth-order valence-electron chi connectivity index (χ4n) is 2.94. The number of ether oxygens (including phenoxy) is 1.